The Morgan fingerprint density at radius 2 is 1.73 bits per heavy atom. The fraction of sp³-hybridized carbons (Fsp3) is 0.125. The lowest BCUT2D eigenvalue weighted by atomic mass is 10.1. The highest BCUT2D eigenvalue weighted by Crippen LogP contribution is 2.34. The molecule has 0 fully saturated rings. The van der Waals surface area contributed by atoms with Crippen LogP contribution in [0.1, 0.15) is 27.0 Å². The highest BCUT2D eigenvalue weighted by Gasteiger charge is 2.31. The lowest BCUT2D eigenvalue weighted by molar-refractivity contribution is -0.137. The predicted octanol–water partition coefficient (Wildman–Crippen LogP) is 5.65. The minimum atomic E-state index is -4.48. The maximum absolute atomic E-state index is 13.4. The van der Waals surface area contributed by atoms with Gasteiger partial charge in [-0.3, -0.25) is 9.36 Å². The number of nitrogens with zero attached hydrogens (tertiary/aromatic N) is 3. The maximum Gasteiger partial charge on any atom is 0.416 e. The van der Waals surface area contributed by atoms with Crippen molar-refractivity contribution in [3.05, 3.63) is 95.1 Å². The average Bonchev–Trinajstić information content (AvgIpc) is 3.22. The fourth-order valence-electron chi connectivity index (χ4n) is 3.34. The van der Waals surface area contributed by atoms with Gasteiger partial charge in [0.15, 0.2) is 11.0 Å². The standard InChI is InChI=1S/C24H19F3N4OS/c1-15-9-11-16(12-10-15)22-29-30-23(33-14-17-5-2-3-8-20(17)21(28)32)31(22)19-7-4-6-18(13-19)24(25,26)27/h2-13H,14H2,1H3,(H2,28,32). The molecule has 0 radical (unpaired) electrons. The number of alkyl halides is 3. The smallest absolute Gasteiger partial charge is 0.366 e. The summed E-state index contributed by atoms with van der Waals surface area (Å²) in [5, 5.41) is 8.92. The molecule has 0 aliphatic heterocycles. The third-order valence-corrected chi connectivity index (χ3v) is 5.99. The van der Waals surface area contributed by atoms with Crippen molar-refractivity contribution in [3.8, 4) is 17.1 Å². The summed E-state index contributed by atoms with van der Waals surface area (Å²) in [7, 11) is 0. The highest BCUT2D eigenvalue weighted by molar-refractivity contribution is 7.98. The summed E-state index contributed by atoms with van der Waals surface area (Å²) in [5.41, 5.74) is 7.83. The van der Waals surface area contributed by atoms with Crippen molar-refractivity contribution in [2.24, 2.45) is 5.73 Å². The van der Waals surface area contributed by atoms with E-state index >= 15 is 0 Å². The minimum Gasteiger partial charge on any atom is -0.366 e. The fourth-order valence-corrected chi connectivity index (χ4v) is 4.29. The number of benzene rings is 3. The number of aromatic nitrogens is 3. The van der Waals surface area contributed by atoms with Crippen molar-refractivity contribution in [2.45, 2.75) is 24.0 Å². The third-order valence-electron chi connectivity index (χ3n) is 5.01. The Morgan fingerprint density at radius 3 is 2.42 bits per heavy atom. The highest BCUT2D eigenvalue weighted by atomic mass is 32.2. The first kappa shape index (κ1) is 22.6. The Kier molecular flexibility index (Phi) is 6.24. The number of amides is 1. The molecule has 9 heteroatoms. The van der Waals surface area contributed by atoms with Gasteiger partial charge in [0, 0.05) is 16.9 Å². The van der Waals surface area contributed by atoms with Crippen molar-refractivity contribution in [1.29, 1.82) is 0 Å². The summed E-state index contributed by atoms with van der Waals surface area (Å²) in [5.74, 6) is 0.204. The Bertz CT molecular complexity index is 1300. The summed E-state index contributed by atoms with van der Waals surface area (Å²) >= 11 is 1.26. The van der Waals surface area contributed by atoms with E-state index in [4.69, 9.17) is 5.73 Å². The normalized spacial score (nSPS) is 11.5. The van der Waals surface area contributed by atoms with E-state index in [0.29, 0.717) is 27.9 Å². The van der Waals surface area contributed by atoms with Crippen LogP contribution in [0.15, 0.2) is 78.0 Å². The van der Waals surface area contributed by atoms with E-state index in [9.17, 15) is 18.0 Å². The molecule has 0 saturated carbocycles. The van der Waals surface area contributed by atoms with E-state index < -0.39 is 17.6 Å². The van der Waals surface area contributed by atoms with E-state index in [1.807, 2.05) is 31.2 Å². The molecular formula is C24H19F3N4OS. The van der Waals surface area contributed by atoms with Gasteiger partial charge in [-0.1, -0.05) is 65.9 Å². The molecule has 4 aromatic rings. The minimum absolute atomic E-state index is 0.288. The first-order chi connectivity index (χ1) is 15.7. The van der Waals surface area contributed by atoms with E-state index in [2.05, 4.69) is 10.2 Å². The number of primary amides is 1. The first-order valence-electron chi connectivity index (χ1n) is 9.94. The molecule has 4 rings (SSSR count). The summed E-state index contributed by atoms with van der Waals surface area (Å²) < 4.78 is 41.7. The van der Waals surface area contributed by atoms with E-state index in [0.717, 1.165) is 23.3 Å². The van der Waals surface area contributed by atoms with Gasteiger partial charge in [0.2, 0.25) is 5.91 Å². The van der Waals surface area contributed by atoms with E-state index in [-0.39, 0.29) is 5.69 Å². The van der Waals surface area contributed by atoms with Crippen molar-refractivity contribution in [2.75, 3.05) is 0 Å². The van der Waals surface area contributed by atoms with Crippen LogP contribution in [0, 0.1) is 6.92 Å². The van der Waals surface area contributed by atoms with Crippen molar-refractivity contribution >= 4 is 17.7 Å². The molecule has 5 nitrogen and oxygen atoms in total. The van der Waals surface area contributed by atoms with E-state index in [1.165, 1.54) is 17.8 Å². The Balaban J connectivity index is 1.79. The number of nitrogens with two attached hydrogens (primary N) is 1. The molecule has 1 amide bonds. The number of halogens is 3. The number of aryl methyl sites for hydroxylation is 1. The zero-order valence-electron chi connectivity index (χ0n) is 17.5. The second kappa shape index (κ2) is 9.11. The van der Waals surface area contributed by atoms with Gasteiger partial charge >= 0.3 is 6.18 Å². The summed E-state index contributed by atoms with van der Waals surface area (Å²) in [6.45, 7) is 1.94. The largest absolute Gasteiger partial charge is 0.416 e. The molecule has 0 bridgehead atoms. The molecule has 33 heavy (non-hydrogen) atoms. The zero-order valence-corrected chi connectivity index (χ0v) is 18.3. The maximum atomic E-state index is 13.4. The molecule has 0 aliphatic carbocycles. The number of carbonyl (C=O) groups excluding carboxylic acids is 1. The van der Waals surface area contributed by atoms with Gasteiger partial charge in [-0.15, -0.1) is 10.2 Å². The lowest BCUT2D eigenvalue weighted by Gasteiger charge is -2.13. The number of hydrogen-bond donors (Lipinski definition) is 1. The molecule has 0 atom stereocenters. The predicted molar refractivity (Wildman–Crippen MR) is 121 cm³/mol. The second-order valence-electron chi connectivity index (χ2n) is 7.37. The Labute approximate surface area is 192 Å². The molecule has 1 aromatic heterocycles. The quantitative estimate of drug-likeness (QED) is 0.371. The van der Waals surface area contributed by atoms with Gasteiger partial charge in [-0.25, -0.2) is 0 Å². The second-order valence-corrected chi connectivity index (χ2v) is 8.31. The van der Waals surface area contributed by atoms with Crippen molar-refractivity contribution < 1.29 is 18.0 Å². The van der Waals surface area contributed by atoms with Crippen molar-refractivity contribution in [3.63, 3.8) is 0 Å². The molecule has 3 aromatic carbocycles. The molecule has 2 N–H and O–H groups in total. The molecule has 1 heterocycles. The van der Waals surface area contributed by atoms with Gasteiger partial charge in [0.05, 0.1) is 11.3 Å². The monoisotopic (exact) mass is 468 g/mol. The zero-order chi connectivity index (χ0) is 23.6. The van der Waals surface area contributed by atoms with Crippen LogP contribution in [-0.2, 0) is 11.9 Å². The SMILES string of the molecule is Cc1ccc(-c2nnc(SCc3ccccc3C(N)=O)n2-c2cccc(C(F)(F)F)c2)cc1. The van der Waals surface area contributed by atoms with Crippen LogP contribution in [0.25, 0.3) is 17.1 Å². The number of thioether (sulfide) groups is 1. The third kappa shape index (κ3) is 4.93. The number of hydrogen-bond acceptors (Lipinski definition) is 4. The van der Waals surface area contributed by atoms with Gasteiger partial charge in [-0.2, -0.15) is 13.2 Å². The first-order valence-corrected chi connectivity index (χ1v) is 10.9. The van der Waals surface area contributed by atoms with Crippen LogP contribution in [0.4, 0.5) is 13.2 Å². The summed E-state index contributed by atoms with van der Waals surface area (Å²) in [6.07, 6.45) is -4.48. The molecule has 0 spiro atoms. The topological polar surface area (TPSA) is 73.8 Å². The van der Waals surface area contributed by atoms with Crippen LogP contribution in [-0.4, -0.2) is 20.7 Å². The Morgan fingerprint density at radius 1 is 1.00 bits per heavy atom. The van der Waals surface area contributed by atoms with Crippen LogP contribution < -0.4 is 5.73 Å². The van der Waals surface area contributed by atoms with Gasteiger partial charge in [0.1, 0.15) is 0 Å². The van der Waals surface area contributed by atoms with Gasteiger partial charge < -0.3 is 5.73 Å². The molecule has 168 valence electrons. The van der Waals surface area contributed by atoms with Crippen LogP contribution in [0.3, 0.4) is 0 Å². The average molecular weight is 469 g/mol. The summed E-state index contributed by atoms with van der Waals surface area (Å²) in [6, 6.07) is 19.4. The number of rotatable bonds is 6. The molecule has 0 saturated heterocycles. The molecular weight excluding hydrogens is 449 g/mol. The number of carbonyl (C=O) groups is 1. The van der Waals surface area contributed by atoms with Crippen LogP contribution in [0.2, 0.25) is 0 Å². The van der Waals surface area contributed by atoms with Crippen molar-refractivity contribution in [1.82, 2.24) is 14.8 Å². The van der Waals surface area contributed by atoms with E-state index in [1.54, 1.807) is 34.9 Å². The molecule has 0 aliphatic rings. The summed E-state index contributed by atoms with van der Waals surface area (Å²) in [4.78, 5) is 11.7. The van der Waals surface area contributed by atoms with Crippen LogP contribution >= 0.6 is 11.8 Å². The van der Waals surface area contributed by atoms with Gasteiger partial charge in [0.25, 0.3) is 0 Å². The Hall–Kier alpha value is -3.59. The lowest BCUT2D eigenvalue weighted by Crippen LogP contribution is -2.13. The van der Waals surface area contributed by atoms with Gasteiger partial charge in [-0.05, 0) is 36.8 Å². The van der Waals surface area contributed by atoms with Crippen LogP contribution in [0.5, 0.6) is 0 Å². The molecule has 0 unspecified atom stereocenters.